The van der Waals surface area contributed by atoms with E-state index in [4.69, 9.17) is 27.9 Å². The number of hydrogen-bond acceptors (Lipinski definition) is 1. The molecule has 2 aromatic carbocycles. The third-order valence-electron chi connectivity index (χ3n) is 3.78. The van der Waals surface area contributed by atoms with Crippen LogP contribution in [0.3, 0.4) is 0 Å². The fourth-order valence-electron chi connectivity index (χ4n) is 2.52. The lowest BCUT2D eigenvalue weighted by molar-refractivity contribution is 0.291. The lowest BCUT2D eigenvalue weighted by Gasteiger charge is -2.17. The molecule has 0 aromatic heterocycles. The van der Waals surface area contributed by atoms with Crippen LogP contribution in [0, 0.1) is 0 Å². The SMILES string of the molecule is CC1(C)COc2ccc(C(Cl)c3ccc(Cl)cc3)cc21. The molecule has 0 saturated carbocycles. The van der Waals surface area contributed by atoms with Crippen LogP contribution in [0.5, 0.6) is 5.75 Å². The third kappa shape index (κ3) is 2.41. The van der Waals surface area contributed by atoms with Gasteiger partial charge in [-0.3, -0.25) is 0 Å². The second kappa shape index (κ2) is 4.98. The second-order valence-electron chi connectivity index (χ2n) is 5.84. The van der Waals surface area contributed by atoms with Crippen molar-refractivity contribution < 1.29 is 4.74 Å². The molecule has 1 nitrogen and oxygen atoms in total. The third-order valence-corrected chi connectivity index (χ3v) is 4.53. The second-order valence-corrected chi connectivity index (χ2v) is 6.72. The molecule has 1 aliphatic rings. The maximum Gasteiger partial charge on any atom is 0.123 e. The predicted octanol–water partition coefficient (Wildman–Crippen LogP) is 5.34. The van der Waals surface area contributed by atoms with E-state index in [1.165, 1.54) is 5.56 Å². The van der Waals surface area contributed by atoms with Crippen molar-refractivity contribution in [2.24, 2.45) is 0 Å². The van der Waals surface area contributed by atoms with Gasteiger partial charge in [-0.05, 0) is 35.4 Å². The lowest BCUT2D eigenvalue weighted by atomic mass is 9.85. The first-order valence-corrected chi connectivity index (χ1v) is 7.45. The molecule has 3 heteroatoms. The molecule has 0 radical (unpaired) electrons. The van der Waals surface area contributed by atoms with Gasteiger partial charge in [-0.1, -0.05) is 43.6 Å². The van der Waals surface area contributed by atoms with Crippen molar-refractivity contribution in [1.29, 1.82) is 0 Å². The Morgan fingerprint density at radius 1 is 1.05 bits per heavy atom. The normalized spacial score (nSPS) is 17.4. The summed E-state index contributed by atoms with van der Waals surface area (Å²) < 4.78 is 5.71. The van der Waals surface area contributed by atoms with Gasteiger partial charge in [0.1, 0.15) is 5.75 Å². The number of alkyl halides is 1. The van der Waals surface area contributed by atoms with Crippen molar-refractivity contribution in [2.75, 3.05) is 6.61 Å². The Kier molecular flexibility index (Phi) is 3.43. The molecule has 0 spiro atoms. The highest BCUT2D eigenvalue weighted by molar-refractivity contribution is 6.30. The first-order chi connectivity index (χ1) is 9.47. The molecule has 2 aromatic rings. The van der Waals surface area contributed by atoms with Gasteiger partial charge in [0.05, 0.1) is 12.0 Å². The van der Waals surface area contributed by atoms with Crippen molar-refractivity contribution in [3.63, 3.8) is 0 Å². The molecule has 0 aliphatic carbocycles. The highest BCUT2D eigenvalue weighted by atomic mass is 35.5. The van der Waals surface area contributed by atoms with Crippen LogP contribution in [0.25, 0.3) is 0 Å². The van der Waals surface area contributed by atoms with Crippen molar-refractivity contribution in [2.45, 2.75) is 24.6 Å². The van der Waals surface area contributed by atoms with E-state index in [2.05, 4.69) is 19.9 Å². The molecule has 104 valence electrons. The van der Waals surface area contributed by atoms with E-state index in [1.54, 1.807) is 0 Å². The van der Waals surface area contributed by atoms with Crippen LogP contribution in [0.1, 0.15) is 35.9 Å². The molecule has 1 atom stereocenters. The molecule has 0 N–H and O–H groups in total. The summed E-state index contributed by atoms with van der Waals surface area (Å²) in [5.74, 6) is 0.971. The minimum Gasteiger partial charge on any atom is -0.492 e. The fourth-order valence-corrected chi connectivity index (χ4v) is 2.93. The monoisotopic (exact) mass is 306 g/mol. The van der Waals surface area contributed by atoms with Gasteiger partial charge in [-0.2, -0.15) is 0 Å². The van der Waals surface area contributed by atoms with E-state index in [0.29, 0.717) is 0 Å². The van der Waals surface area contributed by atoms with Crippen LogP contribution in [0.4, 0.5) is 0 Å². The summed E-state index contributed by atoms with van der Waals surface area (Å²) in [6.07, 6.45) is 0. The van der Waals surface area contributed by atoms with Crippen LogP contribution < -0.4 is 4.74 Å². The summed E-state index contributed by atoms with van der Waals surface area (Å²) in [5, 5.41) is 0.551. The Labute approximate surface area is 129 Å². The van der Waals surface area contributed by atoms with Crippen molar-refractivity contribution in [1.82, 2.24) is 0 Å². The molecular weight excluding hydrogens is 291 g/mol. The first-order valence-electron chi connectivity index (χ1n) is 6.64. The molecule has 0 fully saturated rings. The van der Waals surface area contributed by atoms with Gasteiger partial charge in [0.25, 0.3) is 0 Å². The van der Waals surface area contributed by atoms with Crippen LogP contribution in [0.15, 0.2) is 42.5 Å². The predicted molar refractivity (Wildman–Crippen MR) is 84.1 cm³/mol. The molecular formula is C17H16Cl2O. The van der Waals surface area contributed by atoms with Gasteiger partial charge in [0.2, 0.25) is 0 Å². The zero-order valence-corrected chi connectivity index (χ0v) is 13.0. The molecule has 3 rings (SSSR count). The summed E-state index contributed by atoms with van der Waals surface area (Å²) in [4.78, 5) is 0. The highest BCUT2D eigenvalue weighted by Gasteiger charge is 2.32. The highest BCUT2D eigenvalue weighted by Crippen LogP contribution is 2.41. The van der Waals surface area contributed by atoms with Gasteiger partial charge in [-0.25, -0.2) is 0 Å². The lowest BCUT2D eigenvalue weighted by Crippen LogP contribution is -2.18. The summed E-state index contributed by atoms with van der Waals surface area (Å²) in [6, 6.07) is 13.9. The molecule has 1 heterocycles. The van der Waals surface area contributed by atoms with Crippen molar-refractivity contribution in [3.8, 4) is 5.75 Å². The quantitative estimate of drug-likeness (QED) is 0.681. The van der Waals surface area contributed by atoms with Gasteiger partial charge in [0.15, 0.2) is 0 Å². The average Bonchev–Trinajstić information content (AvgIpc) is 2.74. The minimum atomic E-state index is -0.172. The van der Waals surface area contributed by atoms with E-state index in [1.807, 2.05) is 36.4 Å². The molecule has 1 aliphatic heterocycles. The molecule has 0 saturated heterocycles. The Bertz CT molecular complexity index is 632. The van der Waals surface area contributed by atoms with Crippen LogP contribution >= 0.6 is 23.2 Å². The summed E-state index contributed by atoms with van der Waals surface area (Å²) in [7, 11) is 0. The topological polar surface area (TPSA) is 9.23 Å². The van der Waals surface area contributed by atoms with Crippen molar-refractivity contribution >= 4 is 23.2 Å². The van der Waals surface area contributed by atoms with E-state index >= 15 is 0 Å². The minimum absolute atomic E-state index is 0.0436. The Morgan fingerprint density at radius 3 is 2.40 bits per heavy atom. The van der Waals surface area contributed by atoms with E-state index in [9.17, 15) is 0 Å². The largest absolute Gasteiger partial charge is 0.492 e. The Balaban J connectivity index is 1.97. The summed E-state index contributed by atoms with van der Waals surface area (Å²) in [6.45, 7) is 5.10. The number of rotatable bonds is 2. The molecule has 20 heavy (non-hydrogen) atoms. The zero-order chi connectivity index (χ0) is 14.3. The number of hydrogen-bond donors (Lipinski definition) is 0. The zero-order valence-electron chi connectivity index (χ0n) is 11.5. The van der Waals surface area contributed by atoms with Gasteiger partial charge < -0.3 is 4.74 Å². The van der Waals surface area contributed by atoms with Crippen LogP contribution in [-0.4, -0.2) is 6.61 Å². The van der Waals surface area contributed by atoms with Crippen LogP contribution in [0.2, 0.25) is 5.02 Å². The van der Waals surface area contributed by atoms with E-state index in [-0.39, 0.29) is 10.8 Å². The number of fused-ring (bicyclic) bond motifs is 1. The Morgan fingerprint density at radius 2 is 1.70 bits per heavy atom. The van der Waals surface area contributed by atoms with E-state index in [0.717, 1.165) is 28.5 Å². The first kappa shape index (κ1) is 13.8. The maximum absolute atomic E-state index is 6.59. The van der Waals surface area contributed by atoms with E-state index < -0.39 is 0 Å². The average molecular weight is 307 g/mol. The standard InChI is InChI=1S/C17H16Cl2O/c1-17(2)10-20-15-8-5-12(9-14(15)17)16(19)11-3-6-13(18)7-4-11/h3-9,16H,10H2,1-2H3. The smallest absolute Gasteiger partial charge is 0.123 e. The van der Waals surface area contributed by atoms with Crippen LogP contribution in [-0.2, 0) is 5.41 Å². The Hall–Kier alpha value is -1.18. The maximum atomic E-state index is 6.59. The summed E-state index contributed by atoms with van der Waals surface area (Å²) >= 11 is 12.5. The number of halogens is 2. The molecule has 0 amide bonds. The number of benzene rings is 2. The number of ether oxygens (including phenoxy) is 1. The van der Waals surface area contributed by atoms with Gasteiger partial charge in [-0.15, -0.1) is 11.6 Å². The van der Waals surface area contributed by atoms with Gasteiger partial charge in [0, 0.05) is 16.0 Å². The van der Waals surface area contributed by atoms with Gasteiger partial charge >= 0.3 is 0 Å². The molecule has 1 unspecified atom stereocenters. The molecule has 0 bridgehead atoms. The summed E-state index contributed by atoms with van der Waals surface area (Å²) in [5.41, 5.74) is 3.41. The van der Waals surface area contributed by atoms with Crippen molar-refractivity contribution in [3.05, 3.63) is 64.2 Å². The fraction of sp³-hybridized carbons (Fsp3) is 0.294.